The van der Waals surface area contributed by atoms with Gasteiger partial charge in [0.2, 0.25) is 0 Å². The minimum atomic E-state index is -3.80. The quantitative estimate of drug-likeness (QED) is 0.389. The summed E-state index contributed by atoms with van der Waals surface area (Å²) >= 11 is 4.93. The summed E-state index contributed by atoms with van der Waals surface area (Å²) < 4.78 is 35.2. The predicted octanol–water partition coefficient (Wildman–Crippen LogP) is 1.82. The van der Waals surface area contributed by atoms with Crippen LogP contribution in [0, 0.1) is 0 Å². The molecule has 0 bridgehead atoms. The number of thiocarbonyl (C=S) groups is 1. The van der Waals surface area contributed by atoms with Gasteiger partial charge in [-0.05, 0) is 24.4 Å². The molecule has 0 spiro atoms. The van der Waals surface area contributed by atoms with Crippen LogP contribution in [0.3, 0.4) is 0 Å². The summed E-state index contributed by atoms with van der Waals surface area (Å²) in [6.07, 6.45) is -1.21. The highest BCUT2D eigenvalue weighted by molar-refractivity contribution is 7.80. The lowest BCUT2D eigenvalue weighted by Crippen LogP contribution is -2.53. The SMILES string of the molecule is C=CCN1C(=O)C(=Cc2cccc3c2OC(F)(F)O3)C(=O)NC1=S. The summed E-state index contributed by atoms with van der Waals surface area (Å²) in [5, 5.41) is 2.31. The molecule has 1 saturated heterocycles. The maximum Gasteiger partial charge on any atom is 0.586 e. The maximum absolute atomic E-state index is 13.2. The van der Waals surface area contributed by atoms with Crippen molar-refractivity contribution in [3.63, 3.8) is 0 Å². The summed E-state index contributed by atoms with van der Waals surface area (Å²) in [7, 11) is 0. The van der Waals surface area contributed by atoms with Crippen LogP contribution in [0.1, 0.15) is 5.56 Å². The van der Waals surface area contributed by atoms with E-state index < -0.39 is 18.1 Å². The molecule has 2 amide bonds. The van der Waals surface area contributed by atoms with Crippen LogP contribution in [0.5, 0.6) is 11.5 Å². The fraction of sp³-hybridized carbons (Fsp3) is 0.133. The van der Waals surface area contributed by atoms with E-state index in [2.05, 4.69) is 21.4 Å². The number of hydrogen-bond acceptors (Lipinski definition) is 5. The Bertz CT molecular complexity index is 807. The van der Waals surface area contributed by atoms with Crippen LogP contribution in [0.15, 0.2) is 36.4 Å². The van der Waals surface area contributed by atoms with Gasteiger partial charge in [0.1, 0.15) is 5.57 Å². The molecular formula is C15H10F2N2O4S. The van der Waals surface area contributed by atoms with Crippen molar-refractivity contribution in [1.82, 2.24) is 10.2 Å². The van der Waals surface area contributed by atoms with Crippen LogP contribution in [-0.2, 0) is 9.59 Å². The van der Waals surface area contributed by atoms with Crippen LogP contribution in [0.4, 0.5) is 8.78 Å². The number of alkyl halides is 2. The van der Waals surface area contributed by atoms with E-state index in [0.717, 1.165) is 11.0 Å². The molecule has 2 heterocycles. The number of nitrogens with zero attached hydrogens (tertiary/aromatic N) is 1. The zero-order valence-corrected chi connectivity index (χ0v) is 12.9. The number of rotatable bonds is 3. The second-order valence-corrected chi connectivity index (χ2v) is 5.25. The van der Waals surface area contributed by atoms with Crippen molar-refractivity contribution >= 4 is 35.2 Å². The van der Waals surface area contributed by atoms with Gasteiger partial charge in [0.05, 0.1) is 0 Å². The van der Waals surface area contributed by atoms with Crippen LogP contribution >= 0.6 is 12.2 Å². The van der Waals surface area contributed by atoms with E-state index in [0.29, 0.717) is 0 Å². The molecule has 0 atom stereocenters. The van der Waals surface area contributed by atoms with Gasteiger partial charge in [0, 0.05) is 12.1 Å². The van der Waals surface area contributed by atoms with Crippen molar-refractivity contribution < 1.29 is 27.8 Å². The molecule has 2 aliphatic rings. The predicted molar refractivity (Wildman–Crippen MR) is 83.3 cm³/mol. The van der Waals surface area contributed by atoms with E-state index in [9.17, 15) is 18.4 Å². The third-order valence-electron chi connectivity index (χ3n) is 3.26. The van der Waals surface area contributed by atoms with Gasteiger partial charge in [0.15, 0.2) is 16.6 Å². The molecular weight excluding hydrogens is 342 g/mol. The number of carbonyl (C=O) groups is 2. The Morgan fingerprint density at radius 1 is 1.33 bits per heavy atom. The Balaban J connectivity index is 2.01. The molecule has 0 aromatic heterocycles. The zero-order valence-electron chi connectivity index (χ0n) is 12.0. The molecule has 1 fully saturated rings. The van der Waals surface area contributed by atoms with Crippen LogP contribution in [-0.4, -0.2) is 34.7 Å². The van der Waals surface area contributed by atoms with E-state index >= 15 is 0 Å². The van der Waals surface area contributed by atoms with Gasteiger partial charge in [0.25, 0.3) is 11.8 Å². The molecule has 0 radical (unpaired) electrons. The fourth-order valence-electron chi connectivity index (χ4n) is 2.25. The highest BCUT2D eigenvalue weighted by Gasteiger charge is 2.44. The average Bonchev–Trinajstić information content (AvgIpc) is 2.82. The van der Waals surface area contributed by atoms with Crippen molar-refractivity contribution in [3.8, 4) is 11.5 Å². The van der Waals surface area contributed by atoms with Gasteiger partial charge in [-0.1, -0.05) is 18.2 Å². The van der Waals surface area contributed by atoms with Crippen molar-refractivity contribution in [2.75, 3.05) is 6.54 Å². The summed E-state index contributed by atoms with van der Waals surface area (Å²) in [5.74, 6) is -1.82. The van der Waals surface area contributed by atoms with Gasteiger partial charge >= 0.3 is 6.29 Å². The number of carbonyl (C=O) groups excluding carboxylic acids is 2. The number of amides is 2. The first-order valence-corrected chi connectivity index (χ1v) is 7.12. The molecule has 9 heteroatoms. The largest absolute Gasteiger partial charge is 0.586 e. The molecule has 3 rings (SSSR count). The van der Waals surface area contributed by atoms with E-state index in [1.54, 1.807) is 0 Å². The number of para-hydroxylation sites is 1. The van der Waals surface area contributed by atoms with Crippen molar-refractivity contribution in [1.29, 1.82) is 0 Å². The topological polar surface area (TPSA) is 67.9 Å². The number of halogens is 2. The smallest absolute Gasteiger partial charge is 0.395 e. The number of benzene rings is 1. The monoisotopic (exact) mass is 352 g/mol. The molecule has 0 aliphatic carbocycles. The summed E-state index contributed by atoms with van der Waals surface area (Å²) in [6, 6.07) is 4.15. The molecule has 1 aromatic carbocycles. The molecule has 0 saturated carbocycles. The average molecular weight is 352 g/mol. The van der Waals surface area contributed by atoms with Crippen LogP contribution < -0.4 is 14.8 Å². The number of hydrogen-bond donors (Lipinski definition) is 1. The molecule has 1 N–H and O–H groups in total. The van der Waals surface area contributed by atoms with E-state index in [1.807, 2.05) is 0 Å². The first-order chi connectivity index (χ1) is 11.3. The second kappa shape index (κ2) is 5.68. The van der Waals surface area contributed by atoms with Gasteiger partial charge < -0.3 is 9.47 Å². The summed E-state index contributed by atoms with van der Waals surface area (Å²) in [6.45, 7) is 3.61. The Labute approximate surface area is 140 Å². The third kappa shape index (κ3) is 2.73. The Hall–Kier alpha value is -2.81. The van der Waals surface area contributed by atoms with Gasteiger partial charge in [-0.3, -0.25) is 19.8 Å². The minimum Gasteiger partial charge on any atom is -0.395 e. The molecule has 0 unspecified atom stereocenters. The number of nitrogens with one attached hydrogen (secondary N) is 1. The normalized spacial score (nSPS) is 20.3. The zero-order chi connectivity index (χ0) is 17.5. The Kier molecular flexibility index (Phi) is 3.80. The molecule has 24 heavy (non-hydrogen) atoms. The first-order valence-electron chi connectivity index (χ1n) is 6.71. The highest BCUT2D eigenvalue weighted by atomic mass is 32.1. The standard InChI is InChI=1S/C15H10F2N2O4S/c1-2-6-19-13(21)9(12(20)18-14(19)24)7-8-4-3-5-10-11(8)23-15(16,17)22-10/h2-5,7H,1,6H2,(H,18,20,24). The Morgan fingerprint density at radius 2 is 2.08 bits per heavy atom. The van der Waals surface area contributed by atoms with E-state index in [4.69, 9.17) is 12.2 Å². The van der Waals surface area contributed by atoms with Gasteiger partial charge in [-0.2, -0.15) is 0 Å². The number of fused-ring (bicyclic) bond motifs is 1. The first kappa shape index (κ1) is 16.1. The van der Waals surface area contributed by atoms with E-state index in [-0.39, 0.29) is 34.3 Å². The van der Waals surface area contributed by atoms with Crippen molar-refractivity contribution in [2.45, 2.75) is 6.29 Å². The lowest BCUT2D eigenvalue weighted by Gasteiger charge is -2.27. The van der Waals surface area contributed by atoms with E-state index in [1.165, 1.54) is 24.3 Å². The molecule has 124 valence electrons. The van der Waals surface area contributed by atoms with Gasteiger partial charge in [-0.15, -0.1) is 15.4 Å². The van der Waals surface area contributed by atoms with Crippen molar-refractivity contribution in [3.05, 3.63) is 42.0 Å². The Morgan fingerprint density at radius 3 is 2.79 bits per heavy atom. The van der Waals surface area contributed by atoms with Crippen molar-refractivity contribution in [2.24, 2.45) is 0 Å². The fourth-order valence-corrected chi connectivity index (χ4v) is 2.50. The van der Waals surface area contributed by atoms with Crippen LogP contribution in [0.2, 0.25) is 0 Å². The molecule has 1 aromatic rings. The third-order valence-corrected chi connectivity index (χ3v) is 3.58. The second-order valence-electron chi connectivity index (χ2n) is 4.86. The minimum absolute atomic E-state index is 0.0496. The summed E-state index contributed by atoms with van der Waals surface area (Å²) in [4.78, 5) is 25.6. The maximum atomic E-state index is 13.2. The highest BCUT2D eigenvalue weighted by Crippen LogP contribution is 2.43. The molecule has 2 aliphatic heterocycles. The lowest BCUT2D eigenvalue weighted by molar-refractivity contribution is -0.286. The lowest BCUT2D eigenvalue weighted by atomic mass is 10.1. The van der Waals surface area contributed by atoms with Gasteiger partial charge in [-0.25, -0.2) is 0 Å². The summed E-state index contributed by atoms with van der Waals surface area (Å²) in [5.41, 5.74) is -0.160. The van der Waals surface area contributed by atoms with Crippen LogP contribution in [0.25, 0.3) is 6.08 Å². The number of ether oxygens (including phenoxy) is 2. The molecule has 6 nitrogen and oxygen atoms in total.